The maximum absolute atomic E-state index is 9.39. The van der Waals surface area contributed by atoms with Gasteiger partial charge in [0.15, 0.2) is 0 Å². The molecule has 0 aliphatic rings. The van der Waals surface area contributed by atoms with E-state index < -0.39 is 0 Å². The minimum Gasteiger partial charge on any atom is -0.394 e. The molecule has 0 aliphatic carbocycles. The minimum absolute atomic E-state index is 0.0571. The van der Waals surface area contributed by atoms with Gasteiger partial charge in [0.25, 0.3) is 0 Å². The zero-order valence-corrected chi connectivity index (χ0v) is 10.7. The van der Waals surface area contributed by atoms with Crippen LogP contribution in [-0.2, 0) is 0 Å². The van der Waals surface area contributed by atoms with E-state index in [1.807, 2.05) is 0 Å². The molecule has 2 heteroatoms. The molecule has 1 aromatic rings. The van der Waals surface area contributed by atoms with E-state index in [0.717, 1.165) is 6.54 Å². The molecule has 0 fully saturated rings. The lowest BCUT2D eigenvalue weighted by Gasteiger charge is -2.19. The van der Waals surface area contributed by atoms with Crippen LogP contribution in [0.25, 0.3) is 0 Å². The predicted molar refractivity (Wildman–Crippen MR) is 68.6 cm³/mol. The van der Waals surface area contributed by atoms with Crippen LogP contribution in [0.3, 0.4) is 0 Å². The normalized spacial score (nSPS) is 13.1. The average Bonchev–Trinajstić information content (AvgIpc) is 2.23. The highest BCUT2D eigenvalue weighted by Gasteiger charge is 2.10. The van der Waals surface area contributed by atoms with Gasteiger partial charge in [-0.05, 0) is 43.0 Å². The van der Waals surface area contributed by atoms with Crippen molar-refractivity contribution in [1.82, 2.24) is 5.32 Å². The first kappa shape index (κ1) is 13.2. The molecule has 90 valence electrons. The number of hydrogen-bond donors (Lipinski definition) is 2. The van der Waals surface area contributed by atoms with Gasteiger partial charge in [-0.3, -0.25) is 0 Å². The van der Waals surface area contributed by atoms with E-state index in [-0.39, 0.29) is 12.6 Å². The highest BCUT2D eigenvalue weighted by Crippen LogP contribution is 2.17. The Kier molecular flexibility index (Phi) is 4.97. The van der Waals surface area contributed by atoms with Crippen molar-refractivity contribution < 1.29 is 5.11 Å². The van der Waals surface area contributed by atoms with Crippen LogP contribution in [0.2, 0.25) is 0 Å². The SMILES string of the molecule is Cc1ccc(C(CO)NCC(C)C)cc1C. The standard InChI is InChI=1S/C14H23NO/c1-10(2)8-15-14(9-16)13-6-5-11(3)12(4)7-13/h5-7,10,14-16H,8-9H2,1-4H3. The second-order valence-corrected chi connectivity index (χ2v) is 4.88. The molecule has 16 heavy (non-hydrogen) atoms. The Morgan fingerprint density at radius 2 is 1.88 bits per heavy atom. The lowest BCUT2D eigenvalue weighted by Crippen LogP contribution is -2.28. The summed E-state index contributed by atoms with van der Waals surface area (Å²) in [6.45, 7) is 9.63. The Balaban J connectivity index is 2.74. The van der Waals surface area contributed by atoms with Crippen LogP contribution in [0.5, 0.6) is 0 Å². The Morgan fingerprint density at radius 3 is 2.38 bits per heavy atom. The van der Waals surface area contributed by atoms with Crippen LogP contribution < -0.4 is 5.32 Å². The van der Waals surface area contributed by atoms with E-state index in [2.05, 4.69) is 51.2 Å². The molecule has 1 unspecified atom stereocenters. The van der Waals surface area contributed by atoms with Gasteiger partial charge in [-0.15, -0.1) is 0 Å². The molecule has 1 aromatic carbocycles. The third-order valence-corrected chi connectivity index (χ3v) is 2.89. The Morgan fingerprint density at radius 1 is 1.19 bits per heavy atom. The number of nitrogens with one attached hydrogen (secondary N) is 1. The molecule has 1 atom stereocenters. The summed E-state index contributed by atoms with van der Waals surface area (Å²) >= 11 is 0. The van der Waals surface area contributed by atoms with Gasteiger partial charge < -0.3 is 10.4 Å². The van der Waals surface area contributed by atoms with Crippen LogP contribution >= 0.6 is 0 Å². The summed E-state index contributed by atoms with van der Waals surface area (Å²) < 4.78 is 0. The maximum atomic E-state index is 9.39. The molecular weight excluding hydrogens is 198 g/mol. The van der Waals surface area contributed by atoms with E-state index in [0.29, 0.717) is 5.92 Å². The molecule has 0 spiro atoms. The van der Waals surface area contributed by atoms with Crippen molar-refractivity contribution in [2.45, 2.75) is 33.7 Å². The summed E-state index contributed by atoms with van der Waals surface area (Å²) in [7, 11) is 0. The quantitative estimate of drug-likeness (QED) is 0.801. The second-order valence-electron chi connectivity index (χ2n) is 4.88. The van der Waals surface area contributed by atoms with Gasteiger partial charge in [0.05, 0.1) is 12.6 Å². The fraction of sp³-hybridized carbons (Fsp3) is 0.571. The number of aryl methyl sites for hydroxylation is 2. The topological polar surface area (TPSA) is 32.3 Å². The highest BCUT2D eigenvalue weighted by atomic mass is 16.3. The van der Waals surface area contributed by atoms with Crippen molar-refractivity contribution in [2.75, 3.05) is 13.2 Å². The first-order chi connectivity index (χ1) is 7.54. The zero-order valence-electron chi connectivity index (χ0n) is 10.7. The number of rotatable bonds is 5. The van der Waals surface area contributed by atoms with E-state index in [4.69, 9.17) is 0 Å². The maximum Gasteiger partial charge on any atom is 0.0626 e. The van der Waals surface area contributed by atoms with Crippen LogP contribution in [-0.4, -0.2) is 18.3 Å². The van der Waals surface area contributed by atoms with Crippen molar-refractivity contribution in [3.05, 3.63) is 34.9 Å². The summed E-state index contributed by atoms with van der Waals surface area (Å²) in [5.74, 6) is 0.598. The smallest absolute Gasteiger partial charge is 0.0626 e. The number of aliphatic hydroxyl groups excluding tert-OH is 1. The third kappa shape index (κ3) is 3.62. The Hall–Kier alpha value is -0.860. The predicted octanol–water partition coefficient (Wildman–Crippen LogP) is 2.58. The highest BCUT2D eigenvalue weighted by molar-refractivity contribution is 5.31. The molecule has 0 radical (unpaired) electrons. The number of hydrogen-bond acceptors (Lipinski definition) is 2. The summed E-state index contributed by atoms with van der Waals surface area (Å²) in [5.41, 5.74) is 3.75. The molecule has 0 aliphatic heterocycles. The molecule has 0 aromatic heterocycles. The van der Waals surface area contributed by atoms with Gasteiger partial charge in [-0.1, -0.05) is 32.0 Å². The number of benzene rings is 1. The lowest BCUT2D eigenvalue weighted by atomic mass is 10.0. The third-order valence-electron chi connectivity index (χ3n) is 2.89. The van der Waals surface area contributed by atoms with E-state index in [1.54, 1.807) is 0 Å². The lowest BCUT2D eigenvalue weighted by molar-refractivity contribution is 0.241. The fourth-order valence-corrected chi connectivity index (χ4v) is 1.65. The molecule has 1 rings (SSSR count). The first-order valence-corrected chi connectivity index (χ1v) is 5.96. The van der Waals surface area contributed by atoms with Crippen molar-refractivity contribution in [3.8, 4) is 0 Å². The van der Waals surface area contributed by atoms with Crippen molar-refractivity contribution in [3.63, 3.8) is 0 Å². The van der Waals surface area contributed by atoms with Gasteiger partial charge in [-0.2, -0.15) is 0 Å². The van der Waals surface area contributed by atoms with E-state index >= 15 is 0 Å². The first-order valence-electron chi connectivity index (χ1n) is 5.96. The number of aliphatic hydroxyl groups is 1. The van der Waals surface area contributed by atoms with Gasteiger partial charge >= 0.3 is 0 Å². The van der Waals surface area contributed by atoms with Crippen molar-refractivity contribution in [1.29, 1.82) is 0 Å². The Bertz CT molecular complexity index is 334. The zero-order chi connectivity index (χ0) is 12.1. The molecule has 0 saturated carbocycles. The van der Waals surface area contributed by atoms with Gasteiger partial charge in [-0.25, -0.2) is 0 Å². The fourth-order valence-electron chi connectivity index (χ4n) is 1.65. The van der Waals surface area contributed by atoms with Gasteiger partial charge in [0, 0.05) is 0 Å². The second kappa shape index (κ2) is 6.02. The van der Waals surface area contributed by atoms with E-state index in [1.165, 1.54) is 16.7 Å². The molecule has 0 bridgehead atoms. The largest absolute Gasteiger partial charge is 0.394 e. The van der Waals surface area contributed by atoms with Crippen LogP contribution in [0, 0.1) is 19.8 Å². The summed E-state index contributed by atoms with van der Waals surface area (Å²) in [6.07, 6.45) is 0. The summed E-state index contributed by atoms with van der Waals surface area (Å²) in [4.78, 5) is 0. The van der Waals surface area contributed by atoms with Crippen LogP contribution in [0.15, 0.2) is 18.2 Å². The summed E-state index contributed by atoms with van der Waals surface area (Å²) in [5, 5.41) is 12.8. The van der Waals surface area contributed by atoms with Gasteiger partial charge in [0.2, 0.25) is 0 Å². The minimum atomic E-state index is 0.0571. The van der Waals surface area contributed by atoms with Gasteiger partial charge in [0.1, 0.15) is 0 Å². The molecule has 2 N–H and O–H groups in total. The van der Waals surface area contributed by atoms with Crippen molar-refractivity contribution in [2.24, 2.45) is 5.92 Å². The van der Waals surface area contributed by atoms with E-state index in [9.17, 15) is 5.11 Å². The molecule has 0 saturated heterocycles. The molecule has 0 amide bonds. The molecule has 0 heterocycles. The summed E-state index contributed by atoms with van der Waals surface area (Å²) in [6, 6.07) is 6.42. The average molecular weight is 221 g/mol. The van der Waals surface area contributed by atoms with Crippen LogP contribution in [0.1, 0.15) is 36.6 Å². The molecule has 2 nitrogen and oxygen atoms in total. The monoisotopic (exact) mass is 221 g/mol. The molecular formula is C14H23NO. The van der Waals surface area contributed by atoms with Crippen LogP contribution in [0.4, 0.5) is 0 Å². The van der Waals surface area contributed by atoms with Crippen molar-refractivity contribution >= 4 is 0 Å². The Labute approximate surface area is 98.7 Å².